The molecule has 1 aromatic heterocycles. The van der Waals surface area contributed by atoms with Crippen molar-refractivity contribution in [2.24, 2.45) is 17.6 Å². The number of rotatable bonds is 8. The number of nitrogens with one attached hydrogen (secondary N) is 1. The first-order valence-electron chi connectivity index (χ1n) is 14.0. The van der Waals surface area contributed by atoms with Crippen LogP contribution in [0.1, 0.15) is 97.3 Å². The summed E-state index contributed by atoms with van der Waals surface area (Å²) in [6.45, 7) is 5.15. The van der Waals surface area contributed by atoms with Gasteiger partial charge in [0, 0.05) is 30.2 Å². The number of nitrogens with zero attached hydrogens (tertiary/aromatic N) is 3. The molecular weight excluding hydrogens is 466 g/mol. The second kappa shape index (κ2) is 9.15. The van der Waals surface area contributed by atoms with E-state index in [2.05, 4.69) is 24.1 Å². The van der Waals surface area contributed by atoms with Gasteiger partial charge < -0.3 is 21.1 Å². The molecule has 4 N–H and O–H groups in total. The van der Waals surface area contributed by atoms with Gasteiger partial charge in [0.05, 0.1) is 34.3 Å². The lowest BCUT2D eigenvalue weighted by molar-refractivity contribution is 0.0487. The molecule has 2 aromatic rings. The first-order chi connectivity index (χ1) is 17.7. The molecule has 2 heterocycles. The lowest BCUT2D eigenvalue weighted by Gasteiger charge is -2.42. The predicted octanol–water partition coefficient (Wildman–Crippen LogP) is 3.83. The quantitative estimate of drug-likeness (QED) is 0.505. The van der Waals surface area contributed by atoms with Gasteiger partial charge in [-0.05, 0) is 102 Å². The normalized spacial score (nSPS) is 25.2. The largest absolute Gasteiger partial charge is 0.393 e. The lowest BCUT2D eigenvalue weighted by atomic mass is 9.87. The lowest BCUT2D eigenvalue weighted by Crippen LogP contribution is -2.53. The zero-order valence-electron chi connectivity index (χ0n) is 22.0. The van der Waals surface area contributed by atoms with Crippen LogP contribution in [0.4, 0.5) is 5.69 Å². The predicted molar refractivity (Wildman–Crippen MR) is 142 cm³/mol. The van der Waals surface area contributed by atoms with Crippen molar-refractivity contribution in [3.8, 4) is 5.69 Å². The number of anilines is 1. The van der Waals surface area contributed by atoms with E-state index in [-0.39, 0.29) is 23.6 Å². The molecule has 0 saturated heterocycles. The first-order valence-corrected chi connectivity index (χ1v) is 14.0. The third kappa shape index (κ3) is 4.88. The molecule has 0 unspecified atom stereocenters. The Hall–Kier alpha value is -2.87. The molecule has 6 rings (SSSR count). The number of aliphatic hydroxyl groups excluding tert-OH is 1. The number of carbonyl (C=O) groups is 2. The van der Waals surface area contributed by atoms with Crippen LogP contribution in [-0.2, 0) is 12.8 Å². The second-order valence-electron chi connectivity index (χ2n) is 12.4. The number of amides is 2. The van der Waals surface area contributed by atoms with E-state index in [0.29, 0.717) is 23.1 Å². The number of hydrogen-bond acceptors (Lipinski definition) is 5. The Bertz CT molecular complexity index is 1220. The SMILES string of the molecule is CC1(C)Cc2c(c(CC3CC3)nn2-c2ccc(C(N)=O)c(NC3CCC(O)CC3)c2)C(=O)N1CC1CC1. The summed E-state index contributed by atoms with van der Waals surface area (Å²) in [5, 5.41) is 18.5. The van der Waals surface area contributed by atoms with E-state index in [4.69, 9.17) is 10.8 Å². The fraction of sp³-hybridized carbons (Fsp3) is 0.621. The van der Waals surface area contributed by atoms with Crippen molar-refractivity contribution in [3.05, 3.63) is 40.7 Å². The van der Waals surface area contributed by atoms with Crippen LogP contribution in [0.15, 0.2) is 18.2 Å². The van der Waals surface area contributed by atoms with Gasteiger partial charge in [-0.2, -0.15) is 5.10 Å². The first kappa shape index (κ1) is 24.5. The number of hydrogen-bond donors (Lipinski definition) is 3. The monoisotopic (exact) mass is 505 g/mol. The maximum atomic E-state index is 13.9. The minimum Gasteiger partial charge on any atom is -0.393 e. The minimum atomic E-state index is -0.478. The maximum absolute atomic E-state index is 13.9. The third-order valence-electron chi connectivity index (χ3n) is 8.73. The molecule has 1 aliphatic heterocycles. The van der Waals surface area contributed by atoms with Crippen molar-refractivity contribution in [1.82, 2.24) is 14.7 Å². The van der Waals surface area contributed by atoms with Crippen LogP contribution < -0.4 is 11.1 Å². The van der Waals surface area contributed by atoms with Crippen molar-refractivity contribution in [1.29, 1.82) is 0 Å². The fourth-order valence-corrected chi connectivity index (χ4v) is 6.11. The van der Waals surface area contributed by atoms with Crippen LogP contribution in [-0.4, -0.2) is 55.8 Å². The van der Waals surface area contributed by atoms with Gasteiger partial charge in [-0.25, -0.2) is 4.68 Å². The second-order valence-corrected chi connectivity index (χ2v) is 12.4. The summed E-state index contributed by atoms with van der Waals surface area (Å²) < 4.78 is 1.95. The zero-order valence-corrected chi connectivity index (χ0v) is 22.0. The Labute approximate surface area is 218 Å². The average molecular weight is 506 g/mol. The molecule has 8 heteroatoms. The van der Waals surface area contributed by atoms with Gasteiger partial charge in [0.2, 0.25) is 0 Å². The highest BCUT2D eigenvalue weighted by molar-refractivity contribution is 6.00. The van der Waals surface area contributed by atoms with Crippen molar-refractivity contribution in [2.75, 3.05) is 11.9 Å². The molecule has 2 amide bonds. The Morgan fingerprint density at radius 1 is 1.11 bits per heavy atom. The fourth-order valence-electron chi connectivity index (χ4n) is 6.11. The number of fused-ring (bicyclic) bond motifs is 1. The Morgan fingerprint density at radius 2 is 1.81 bits per heavy atom. The van der Waals surface area contributed by atoms with E-state index < -0.39 is 5.91 Å². The van der Waals surface area contributed by atoms with Gasteiger partial charge >= 0.3 is 0 Å². The van der Waals surface area contributed by atoms with E-state index in [0.717, 1.165) is 67.7 Å². The van der Waals surface area contributed by atoms with Crippen molar-refractivity contribution in [3.63, 3.8) is 0 Å². The summed E-state index contributed by atoms with van der Waals surface area (Å²) in [5.74, 6) is 0.882. The Morgan fingerprint density at radius 3 is 2.46 bits per heavy atom. The van der Waals surface area contributed by atoms with E-state index >= 15 is 0 Å². The van der Waals surface area contributed by atoms with E-state index in [1.54, 1.807) is 6.07 Å². The topological polar surface area (TPSA) is 113 Å². The molecule has 198 valence electrons. The summed E-state index contributed by atoms with van der Waals surface area (Å²) in [6, 6.07) is 5.78. The Balaban J connectivity index is 1.39. The van der Waals surface area contributed by atoms with Crippen LogP contribution >= 0.6 is 0 Å². The van der Waals surface area contributed by atoms with E-state index in [1.165, 1.54) is 25.7 Å². The van der Waals surface area contributed by atoms with Gasteiger partial charge in [-0.15, -0.1) is 0 Å². The molecule has 0 radical (unpaired) electrons. The highest BCUT2D eigenvalue weighted by Crippen LogP contribution is 2.41. The van der Waals surface area contributed by atoms with Crippen molar-refractivity contribution < 1.29 is 14.7 Å². The molecule has 3 aliphatic carbocycles. The standard InChI is InChI=1S/C29H39N5O3/c1-29(2)15-25-26(28(37)33(29)16-18-5-6-18)24(13-17-3-4-17)32-34(25)20-9-12-22(27(30)36)23(14-20)31-19-7-10-21(35)11-8-19/h9,12,14,17-19,21,31,35H,3-8,10-11,13,15-16H2,1-2H3,(H2,30,36). The minimum absolute atomic E-state index is 0.118. The molecule has 3 fully saturated rings. The van der Waals surface area contributed by atoms with Crippen LogP contribution in [0.2, 0.25) is 0 Å². The van der Waals surface area contributed by atoms with Gasteiger partial charge in [0.15, 0.2) is 0 Å². The highest BCUT2D eigenvalue weighted by atomic mass is 16.3. The van der Waals surface area contributed by atoms with Crippen LogP contribution in [0.3, 0.4) is 0 Å². The van der Waals surface area contributed by atoms with E-state index in [1.807, 2.05) is 16.8 Å². The Kier molecular flexibility index (Phi) is 6.05. The summed E-state index contributed by atoms with van der Waals surface area (Å²) in [7, 11) is 0. The summed E-state index contributed by atoms with van der Waals surface area (Å²) in [4.78, 5) is 28.3. The summed E-state index contributed by atoms with van der Waals surface area (Å²) in [6.07, 6.45) is 9.32. The smallest absolute Gasteiger partial charge is 0.258 e. The number of aromatic nitrogens is 2. The third-order valence-corrected chi connectivity index (χ3v) is 8.73. The van der Waals surface area contributed by atoms with Gasteiger partial charge in [-0.3, -0.25) is 9.59 Å². The number of primary amides is 1. The molecular formula is C29H39N5O3. The number of aliphatic hydroxyl groups is 1. The summed E-state index contributed by atoms with van der Waals surface area (Å²) >= 11 is 0. The number of carbonyl (C=O) groups excluding carboxylic acids is 2. The molecule has 0 spiro atoms. The van der Waals surface area contributed by atoms with Crippen LogP contribution in [0, 0.1) is 11.8 Å². The van der Waals surface area contributed by atoms with Gasteiger partial charge in [0.1, 0.15) is 0 Å². The molecule has 1 aromatic carbocycles. The number of nitrogens with two attached hydrogens (primary N) is 1. The highest BCUT2D eigenvalue weighted by Gasteiger charge is 2.44. The average Bonchev–Trinajstić information content (AvgIpc) is 3.77. The van der Waals surface area contributed by atoms with Crippen LogP contribution in [0.25, 0.3) is 5.69 Å². The molecule has 0 atom stereocenters. The molecule has 4 aliphatic rings. The molecule has 3 saturated carbocycles. The van der Waals surface area contributed by atoms with Crippen molar-refractivity contribution in [2.45, 2.75) is 95.7 Å². The van der Waals surface area contributed by atoms with E-state index in [9.17, 15) is 14.7 Å². The van der Waals surface area contributed by atoms with Crippen LogP contribution in [0.5, 0.6) is 0 Å². The zero-order chi connectivity index (χ0) is 25.9. The summed E-state index contributed by atoms with van der Waals surface area (Å²) in [5.41, 5.74) is 10.1. The molecule has 37 heavy (non-hydrogen) atoms. The number of benzene rings is 1. The molecule has 8 nitrogen and oxygen atoms in total. The van der Waals surface area contributed by atoms with Gasteiger partial charge in [0.25, 0.3) is 11.8 Å². The maximum Gasteiger partial charge on any atom is 0.258 e. The molecule has 0 bridgehead atoms. The van der Waals surface area contributed by atoms with Gasteiger partial charge in [-0.1, -0.05) is 0 Å². The van der Waals surface area contributed by atoms with Crippen molar-refractivity contribution >= 4 is 17.5 Å².